The second-order valence-corrected chi connectivity index (χ2v) is 2.67. The molecule has 0 aliphatic carbocycles. The first-order chi connectivity index (χ1) is 5.88. The van der Waals surface area contributed by atoms with Crippen LogP contribution in [0.4, 0.5) is 5.82 Å². The minimum absolute atomic E-state index is 0.723. The summed E-state index contributed by atoms with van der Waals surface area (Å²) in [5.74, 6) is 0.723. The number of H-pyrrole nitrogens is 1. The minimum atomic E-state index is 0.723. The Balaban J connectivity index is 2.51. The van der Waals surface area contributed by atoms with E-state index in [-0.39, 0.29) is 0 Å². The molecule has 2 nitrogen and oxygen atoms in total. The molecule has 0 fully saturated rings. The Morgan fingerprint density at radius 2 is 1.75 bits per heavy atom. The molecule has 2 aromatic rings. The van der Waals surface area contributed by atoms with Crippen molar-refractivity contribution >= 4 is 5.82 Å². The van der Waals surface area contributed by atoms with Gasteiger partial charge in [0, 0.05) is 11.8 Å². The van der Waals surface area contributed by atoms with E-state index in [0.29, 0.717) is 0 Å². The number of hydrogen-bond acceptors (Lipinski definition) is 1. The first-order valence-electron chi connectivity index (χ1n) is 3.86. The third kappa shape index (κ3) is 1.07. The van der Waals surface area contributed by atoms with Crippen LogP contribution >= 0.6 is 0 Å². The number of nitrogen functional groups attached to an aromatic ring is 1. The predicted molar refractivity (Wildman–Crippen MR) is 50.6 cm³/mol. The molecule has 60 valence electrons. The Labute approximate surface area is 71.0 Å². The average Bonchev–Trinajstić information content (AvgIpc) is 2.53. The molecule has 1 heterocycles. The molecule has 0 spiro atoms. The van der Waals surface area contributed by atoms with Crippen molar-refractivity contribution < 1.29 is 0 Å². The molecular weight excluding hydrogens is 148 g/mol. The van der Waals surface area contributed by atoms with Gasteiger partial charge in [-0.2, -0.15) is 0 Å². The fraction of sp³-hybridized carbons (Fsp3) is 0. The highest BCUT2D eigenvalue weighted by atomic mass is 14.8. The number of aromatic amines is 1. The van der Waals surface area contributed by atoms with Crippen LogP contribution in [0.2, 0.25) is 0 Å². The molecule has 0 unspecified atom stereocenters. The molecule has 0 saturated heterocycles. The largest absolute Gasteiger partial charge is 0.385 e. The van der Waals surface area contributed by atoms with Crippen molar-refractivity contribution in [1.29, 1.82) is 0 Å². The summed E-state index contributed by atoms with van der Waals surface area (Å²) in [6.45, 7) is 0. The van der Waals surface area contributed by atoms with Crippen LogP contribution in [-0.2, 0) is 0 Å². The van der Waals surface area contributed by atoms with Gasteiger partial charge >= 0.3 is 0 Å². The molecule has 0 amide bonds. The topological polar surface area (TPSA) is 41.8 Å². The Morgan fingerprint density at radius 3 is 2.33 bits per heavy atom. The Morgan fingerprint density at radius 1 is 1.00 bits per heavy atom. The standard InChI is InChI=1S/C10H10N2/c11-10-9(6-7-12-10)8-4-2-1-3-5-8/h1-7,12H,11H2. The van der Waals surface area contributed by atoms with E-state index in [0.717, 1.165) is 16.9 Å². The molecule has 0 radical (unpaired) electrons. The third-order valence-corrected chi connectivity index (χ3v) is 1.86. The van der Waals surface area contributed by atoms with Crippen molar-refractivity contribution in [3.63, 3.8) is 0 Å². The highest BCUT2D eigenvalue weighted by Gasteiger charge is 2.00. The van der Waals surface area contributed by atoms with Gasteiger partial charge in [0.1, 0.15) is 5.82 Å². The maximum absolute atomic E-state index is 5.72. The summed E-state index contributed by atoms with van der Waals surface area (Å²) in [5, 5.41) is 0. The summed E-state index contributed by atoms with van der Waals surface area (Å²) in [7, 11) is 0. The lowest BCUT2D eigenvalue weighted by Gasteiger charge is -1.97. The van der Waals surface area contributed by atoms with Crippen LogP contribution in [0.3, 0.4) is 0 Å². The highest BCUT2D eigenvalue weighted by molar-refractivity contribution is 5.73. The second-order valence-electron chi connectivity index (χ2n) is 2.67. The highest BCUT2D eigenvalue weighted by Crippen LogP contribution is 2.23. The van der Waals surface area contributed by atoms with E-state index >= 15 is 0 Å². The second kappa shape index (κ2) is 2.74. The van der Waals surface area contributed by atoms with E-state index in [4.69, 9.17) is 5.73 Å². The minimum Gasteiger partial charge on any atom is -0.385 e. The van der Waals surface area contributed by atoms with Crippen LogP contribution in [0.15, 0.2) is 42.6 Å². The van der Waals surface area contributed by atoms with Crippen LogP contribution in [0, 0.1) is 0 Å². The van der Waals surface area contributed by atoms with E-state index in [1.807, 2.05) is 42.6 Å². The average molecular weight is 158 g/mol. The third-order valence-electron chi connectivity index (χ3n) is 1.86. The smallest absolute Gasteiger partial charge is 0.108 e. The molecule has 0 bridgehead atoms. The van der Waals surface area contributed by atoms with Gasteiger partial charge in [0.15, 0.2) is 0 Å². The van der Waals surface area contributed by atoms with E-state index in [1.165, 1.54) is 0 Å². The van der Waals surface area contributed by atoms with Crippen LogP contribution in [0.1, 0.15) is 0 Å². The van der Waals surface area contributed by atoms with Crippen LogP contribution in [-0.4, -0.2) is 4.98 Å². The van der Waals surface area contributed by atoms with Crippen molar-refractivity contribution in [1.82, 2.24) is 4.98 Å². The Kier molecular flexibility index (Phi) is 1.59. The number of nitrogens with one attached hydrogen (secondary N) is 1. The maximum atomic E-state index is 5.72. The van der Waals surface area contributed by atoms with E-state index in [2.05, 4.69) is 4.98 Å². The van der Waals surface area contributed by atoms with Crippen molar-refractivity contribution in [2.75, 3.05) is 5.73 Å². The van der Waals surface area contributed by atoms with E-state index in [9.17, 15) is 0 Å². The SMILES string of the molecule is Nc1[nH]ccc1-c1ccccc1. The van der Waals surface area contributed by atoms with Crippen molar-refractivity contribution in [3.8, 4) is 11.1 Å². The number of anilines is 1. The van der Waals surface area contributed by atoms with Crippen molar-refractivity contribution in [2.24, 2.45) is 0 Å². The van der Waals surface area contributed by atoms with Gasteiger partial charge in [0.05, 0.1) is 0 Å². The van der Waals surface area contributed by atoms with Gasteiger partial charge in [-0.1, -0.05) is 30.3 Å². The van der Waals surface area contributed by atoms with Crippen molar-refractivity contribution in [3.05, 3.63) is 42.6 Å². The van der Waals surface area contributed by atoms with Gasteiger partial charge in [-0.3, -0.25) is 0 Å². The number of nitrogens with two attached hydrogens (primary N) is 1. The molecule has 2 heteroatoms. The number of aromatic nitrogens is 1. The van der Waals surface area contributed by atoms with Gasteiger partial charge in [-0.25, -0.2) is 0 Å². The summed E-state index contributed by atoms with van der Waals surface area (Å²) >= 11 is 0. The summed E-state index contributed by atoms with van der Waals surface area (Å²) in [4.78, 5) is 2.94. The molecule has 0 saturated carbocycles. The summed E-state index contributed by atoms with van der Waals surface area (Å²) in [6.07, 6.45) is 1.84. The molecule has 3 N–H and O–H groups in total. The van der Waals surface area contributed by atoms with Gasteiger partial charge in [-0.05, 0) is 11.6 Å². The summed E-state index contributed by atoms with van der Waals surface area (Å²) < 4.78 is 0. The Hall–Kier alpha value is -1.70. The monoisotopic (exact) mass is 158 g/mol. The fourth-order valence-electron chi connectivity index (χ4n) is 1.25. The lowest BCUT2D eigenvalue weighted by molar-refractivity contribution is 1.42. The molecule has 0 atom stereocenters. The van der Waals surface area contributed by atoms with Crippen LogP contribution in [0.25, 0.3) is 11.1 Å². The fourth-order valence-corrected chi connectivity index (χ4v) is 1.25. The first kappa shape index (κ1) is 6.98. The molecule has 2 rings (SSSR count). The molecule has 0 aliphatic rings. The molecule has 1 aromatic carbocycles. The lowest BCUT2D eigenvalue weighted by atomic mass is 10.1. The quantitative estimate of drug-likeness (QED) is 0.656. The summed E-state index contributed by atoms with van der Waals surface area (Å²) in [6, 6.07) is 12.1. The van der Waals surface area contributed by atoms with Crippen LogP contribution in [0.5, 0.6) is 0 Å². The van der Waals surface area contributed by atoms with Gasteiger partial charge in [0.25, 0.3) is 0 Å². The molecule has 12 heavy (non-hydrogen) atoms. The first-order valence-corrected chi connectivity index (χ1v) is 3.86. The van der Waals surface area contributed by atoms with E-state index in [1.54, 1.807) is 0 Å². The van der Waals surface area contributed by atoms with Gasteiger partial charge in [-0.15, -0.1) is 0 Å². The molecular formula is C10H10N2. The van der Waals surface area contributed by atoms with Crippen LogP contribution < -0.4 is 5.73 Å². The van der Waals surface area contributed by atoms with Gasteiger partial charge in [0.2, 0.25) is 0 Å². The van der Waals surface area contributed by atoms with Gasteiger partial charge < -0.3 is 10.7 Å². The molecule has 0 aliphatic heterocycles. The normalized spacial score (nSPS) is 10.0. The molecule has 1 aromatic heterocycles. The predicted octanol–water partition coefficient (Wildman–Crippen LogP) is 2.26. The zero-order chi connectivity index (χ0) is 8.39. The van der Waals surface area contributed by atoms with E-state index < -0.39 is 0 Å². The van der Waals surface area contributed by atoms with Crippen molar-refractivity contribution in [2.45, 2.75) is 0 Å². The lowest BCUT2D eigenvalue weighted by Crippen LogP contribution is -1.86. The zero-order valence-corrected chi connectivity index (χ0v) is 6.62. The zero-order valence-electron chi connectivity index (χ0n) is 6.62. The number of hydrogen-bond donors (Lipinski definition) is 2. The Bertz CT molecular complexity index is 362. The summed E-state index contributed by atoms with van der Waals surface area (Å²) in [5.41, 5.74) is 7.93. The number of rotatable bonds is 1. The maximum Gasteiger partial charge on any atom is 0.108 e. The number of benzene rings is 1.